The van der Waals surface area contributed by atoms with E-state index in [4.69, 9.17) is 5.26 Å². The van der Waals surface area contributed by atoms with Crippen LogP contribution in [0.5, 0.6) is 0 Å². The Labute approximate surface area is 226 Å². The number of aliphatic hydroxyl groups excluding tert-OH is 1. The predicted molar refractivity (Wildman–Crippen MR) is 138 cm³/mol. The highest BCUT2D eigenvalue weighted by atomic mass is 32.1. The van der Waals surface area contributed by atoms with Crippen LogP contribution in [0.25, 0.3) is 0 Å². The molecule has 0 aliphatic carbocycles. The van der Waals surface area contributed by atoms with E-state index in [9.17, 15) is 28.7 Å². The third-order valence-electron chi connectivity index (χ3n) is 5.87. The number of thiazole rings is 1. The molecule has 1 aliphatic heterocycles. The van der Waals surface area contributed by atoms with Gasteiger partial charge in [0.05, 0.1) is 29.9 Å². The molecule has 5 amide bonds. The first kappa shape index (κ1) is 27.4. The number of halogens is 1. The number of hydrogen-bond acceptors (Lipinski definition) is 8. The number of aromatic nitrogens is 1. The fourth-order valence-corrected chi connectivity index (χ4v) is 4.54. The minimum Gasteiger partial charge on any atom is -0.381 e. The zero-order chi connectivity index (χ0) is 27.9. The second kappa shape index (κ2) is 12.2. The predicted octanol–water partition coefficient (Wildman–Crippen LogP) is 1.33. The van der Waals surface area contributed by atoms with Crippen LogP contribution in [0.15, 0.2) is 60.1 Å². The van der Waals surface area contributed by atoms with Crippen molar-refractivity contribution >= 4 is 40.8 Å². The van der Waals surface area contributed by atoms with Crippen molar-refractivity contribution in [2.24, 2.45) is 0 Å². The number of nitrogens with one attached hydrogen (secondary N) is 2. The summed E-state index contributed by atoms with van der Waals surface area (Å²) >= 11 is 1.33. The number of amides is 5. The van der Waals surface area contributed by atoms with Gasteiger partial charge in [-0.1, -0.05) is 30.3 Å². The highest BCUT2D eigenvalue weighted by Gasteiger charge is 2.39. The molecule has 0 spiro atoms. The largest absolute Gasteiger partial charge is 0.381 e. The van der Waals surface area contributed by atoms with Crippen molar-refractivity contribution in [2.45, 2.75) is 25.1 Å². The third-order valence-corrected chi connectivity index (χ3v) is 6.65. The molecular weight excluding hydrogens is 527 g/mol. The van der Waals surface area contributed by atoms with Gasteiger partial charge < -0.3 is 15.7 Å². The van der Waals surface area contributed by atoms with E-state index in [1.807, 2.05) is 0 Å². The number of nitrogens with zero attached hydrogens (tertiary/aromatic N) is 4. The molecule has 1 aliphatic rings. The Morgan fingerprint density at radius 2 is 1.97 bits per heavy atom. The Balaban J connectivity index is 1.44. The standard InChI is InChI=1S/C26H23FN6O5S/c27-18-8-17(12-28)9-19(11-18)32-15-23(35)33(26(32)38)14-21(34)31-20(10-16-4-2-1-3-5-16)24(36)25(37)30-13-22-29-6-7-39-22/h1-9,11,20,24,36H,10,13-15H2,(H,30,37)(H,31,34). The second-order valence-electron chi connectivity index (χ2n) is 8.61. The molecule has 0 bridgehead atoms. The summed E-state index contributed by atoms with van der Waals surface area (Å²) in [5.74, 6) is -2.99. The number of urea groups is 1. The maximum absolute atomic E-state index is 13.9. The summed E-state index contributed by atoms with van der Waals surface area (Å²) in [4.78, 5) is 56.8. The smallest absolute Gasteiger partial charge is 0.332 e. The second-order valence-corrected chi connectivity index (χ2v) is 9.59. The normalized spacial score (nSPS) is 14.6. The third kappa shape index (κ3) is 6.81. The van der Waals surface area contributed by atoms with Crippen LogP contribution in [-0.4, -0.2) is 64.0 Å². The maximum atomic E-state index is 13.9. The van der Waals surface area contributed by atoms with E-state index < -0.39 is 54.8 Å². The molecule has 3 N–H and O–H groups in total. The molecule has 13 heteroatoms. The van der Waals surface area contributed by atoms with Gasteiger partial charge in [0.1, 0.15) is 23.9 Å². The van der Waals surface area contributed by atoms with Crippen LogP contribution in [0.4, 0.5) is 14.9 Å². The molecule has 1 aromatic heterocycles. The van der Waals surface area contributed by atoms with Gasteiger partial charge in [-0.2, -0.15) is 5.26 Å². The summed E-state index contributed by atoms with van der Waals surface area (Å²) in [7, 11) is 0. The molecular formula is C26H23FN6O5S. The SMILES string of the molecule is N#Cc1cc(F)cc(N2CC(=O)N(CC(=O)NC(Cc3ccccc3)C(O)C(=O)NCc3nccs3)C2=O)c1. The molecule has 0 saturated carbocycles. The van der Waals surface area contributed by atoms with E-state index in [0.29, 0.717) is 9.91 Å². The molecule has 2 heterocycles. The molecule has 200 valence electrons. The maximum Gasteiger partial charge on any atom is 0.332 e. The number of benzene rings is 2. The highest BCUT2D eigenvalue weighted by Crippen LogP contribution is 2.23. The van der Waals surface area contributed by atoms with Gasteiger partial charge in [-0.3, -0.25) is 24.2 Å². The van der Waals surface area contributed by atoms with Crippen LogP contribution in [0.3, 0.4) is 0 Å². The minimum atomic E-state index is -1.65. The molecule has 39 heavy (non-hydrogen) atoms. The van der Waals surface area contributed by atoms with Crippen molar-refractivity contribution in [2.75, 3.05) is 18.0 Å². The number of anilines is 1. The van der Waals surface area contributed by atoms with E-state index in [1.54, 1.807) is 48.0 Å². The number of nitriles is 1. The average molecular weight is 551 g/mol. The number of hydrogen-bond donors (Lipinski definition) is 3. The first-order chi connectivity index (χ1) is 18.7. The Kier molecular flexibility index (Phi) is 8.60. The summed E-state index contributed by atoms with van der Waals surface area (Å²) in [5, 5.41) is 27.4. The molecule has 2 aromatic carbocycles. The van der Waals surface area contributed by atoms with Gasteiger partial charge in [0.25, 0.3) is 11.8 Å². The van der Waals surface area contributed by atoms with Gasteiger partial charge in [-0.25, -0.2) is 14.2 Å². The molecule has 0 radical (unpaired) electrons. The van der Waals surface area contributed by atoms with Gasteiger partial charge in [0, 0.05) is 11.6 Å². The monoisotopic (exact) mass is 550 g/mol. The highest BCUT2D eigenvalue weighted by molar-refractivity contribution is 7.09. The van der Waals surface area contributed by atoms with E-state index in [1.165, 1.54) is 17.4 Å². The van der Waals surface area contributed by atoms with Crippen LogP contribution in [-0.2, 0) is 27.3 Å². The summed E-state index contributed by atoms with van der Waals surface area (Å²) in [6.07, 6.45) is 0.0271. The first-order valence-electron chi connectivity index (χ1n) is 11.7. The number of carbonyl (C=O) groups excluding carboxylic acids is 4. The van der Waals surface area contributed by atoms with Crippen LogP contribution >= 0.6 is 11.3 Å². The average Bonchev–Trinajstić information content (AvgIpc) is 3.55. The summed E-state index contributed by atoms with van der Waals surface area (Å²) in [6.45, 7) is -1.04. The molecule has 1 fully saturated rings. The molecule has 1 saturated heterocycles. The van der Waals surface area contributed by atoms with Crippen molar-refractivity contribution in [3.8, 4) is 6.07 Å². The van der Waals surface area contributed by atoms with Crippen LogP contribution in [0.2, 0.25) is 0 Å². The Morgan fingerprint density at radius 1 is 1.21 bits per heavy atom. The summed E-state index contributed by atoms with van der Waals surface area (Å²) < 4.78 is 13.9. The van der Waals surface area contributed by atoms with Crippen molar-refractivity contribution in [1.82, 2.24) is 20.5 Å². The van der Waals surface area contributed by atoms with Gasteiger partial charge in [0.2, 0.25) is 5.91 Å². The Hall–Kier alpha value is -4.67. The van der Waals surface area contributed by atoms with Crippen molar-refractivity contribution < 1.29 is 28.7 Å². The topological polar surface area (TPSA) is 156 Å². The lowest BCUT2D eigenvalue weighted by Crippen LogP contribution is -2.53. The number of rotatable bonds is 10. The van der Waals surface area contributed by atoms with Crippen molar-refractivity contribution in [3.05, 3.63) is 82.1 Å². The van der Waals surface area contributed by atoms with E-state index in [-0.39, 0.29) is 24.2 Å². The zero-order valence-electron chi connectivity index (χ0n) is 20.4. The Morgan fingerprint density at radius 3 is 2.67 bits per heavy atom. The summed E-state index contributed by atoms with van der Waals surface area (Å²) in [5.41, 5.74) is 0.697. The van der Waals surface area contributed by atoms with Gasteiger partial charge in [-0.15, -0.1) is 11.3 Å². The van der Waals surface area contributed by atoms with Crippen molar-refractivity contribution in [1.29, 1.82) is 5.26 Å². The zero-order valence-corrected chi connectivity index (χ0v) is 21.2. The fraction of sp³-hybridized carbons (Fsp3) is 0.231. The van der Waals surface area contributed by atoms with E-state index in [0.717, 1.165) is 22.6 Å². The molecule has 11 nitrogen and oxygen atoms in total. The molecule has 4 rings (SSSR count). The number of aliphatic hydroxyl groups is 1. The quantitative estimate of drug-likeness (QED) is 0.322. The van der Waals surface area contributed by atoms with Crippen LogP contribution < -0.4 is 15.5 Å². The number of carbonyl (C=O) groups is 4. The first-order valence-corrected chi connectivity index (χ1v) is 12.6. The Bertz CT molecular complexity index is 1410. The number of imide groups is 1. The fourth-order valence-electron chi connectivity index (χ4n) is 3.99. The lowest BCUT2D eigenvalue weighted by molar-refractivity contribution is -0.134. The van der Waals surface area contributed by atoms with Gasteiger partial charge in [0.15, 0.2) is 6.10 Å². The van der Waals surface area contributed by atoms with E-state index >= 15 is 0 Å². The minimum absolute atomic E-state index is 0.00193. The molecule has 3 aromatic rings. The summed E-state index contributed by atoms with van der Waals surface area (Å²) in [6, 6.07) is 11.9. The van der Waals surface area contributed by atoms with Gasteiger partial charge in [-0.05, 0) is 30.2 Å². The van der Waals surface area contributed by atoms with E-state index in [2.05, 4.69) is 15.6 Å². The molecule has 2 atom stereocenters. The molecule has 2 unspecified atom stereocenters. The van der Waals surface area contributed by atoms with Gasteiger partial charge >= 0.3 is 6.03 Å². The van der Waals surface area contributed by atoms with Crippen LogP contribution in [0.1, 0.15) is 16.1 Å². The lowest BCUT2D eigenvalue weighted by Gasteiger charge is -2.25. The lowest BCUT2D eigenvalue weighted by atomic mass is 10.0. The van der Waals surface area contributed by atoms with Crippen LogP contribution in [0, 0.1) is 17.1 Å². The van der Waals surface area contributed by atoms with Crippen molar-refractivity contribution in [3.63, 3.8) is 0 Å².